The van der Waals surface area contributed by atoms with Gasteiger partial charge in [0, 0.05) is 29.2 Å². The molecule has 0 bridgehead atoms. The second-order valence-electron chi connectivity index (χ2n) is 8.30. The fraction of sp³-hybridized carbons (Fsp3) is 0.320. The number of urea groups is 1. The number of ketones is 1. The number of ether oxygens (including phenoxy) is 1. The van der Waals surface area contributed by atoms with E-state index in [9.17, 15) is 19.5 Å². The summed E-state index contributed by atoms with van der Waals surface area (Å²) in [6.07, 6.45) is 1.34. The number of fused-ring (bicyclic) bond motifs is 1. The third-order valence-electron chi connectivity index (χ3n) is 5.99. The van der Waals surface area contributed by atoms with Crippen molar-refractivity contribution in [3.63, 3.8) is 0 Å². The van der Waals surface area contributed by atoms with Gasteiger partial charge in [-0.15, -0.1) is 0 Å². The molecule has 1 unspecified atom stereocenters. The molecule has 9 heteroatoms. The zero-order valence-electron chi connectivity index (χ0n) is 18.8. The third kappa shape index (κ3) is 5.08. The Morgan fingerprint density at radius 3 is 2.85 bits per heavy atom. The normalized spacial score (nSPS) is 17.3. The van der Waals surface area contributed by atoms with Crippen molar-refractivity contribution in [3.05, 3.63) is 75.4 Å². The van der Waals surface area contributed by atoms with E-state index in [1.165, 1.54) is 4.90 Å². The molecule has 34 heavy (non-hydrogen) atoms. The highest BCUT2D eigenvalue weighted by molar-refractivity contribution is 6.30. The summed E-state index contributed by atoms with van der Waals surface area (Å²) in [5.74, 6) is -0.284. The molecule has 2 amide bonds. The van der Waals surface area contributed by atoms with E-state index < -0.39 is 12.0 Å². The SMILES string of the molecule is CC1=C(C(=O)O)C(c2cccc(Cl)c2)N(CCCNCC(=O)c2ccc3c(c2)CCO3)C(=O)N1. The van der Waals surface area contributed by atoms with Gasteiger partial charge in [-0.05, 0) is 61.3 Å². The lowest BCUT2D eigenvalue weighted by Gasteiger charge is -2.37. The highest BCUT2D eigenvalue weighted by atomic mass is 35.5. The maximum absolute atomic E-state index is 12.8. The zero-order chi connectivity index (χ0) is 24.2. The summed E-state index contributed by atoms with van der Waals surface area (Å²) >= 11 is 6.14. The molecule has 2 aliphatic rings. The minimum absolute atomic E-state index is 0.0195. The Morgan fingerprint density at radius 1 is 1.26 bits per heavy atom. The van der Waals surface area contributed by atoms with Gasteiger partial charge < -0.3 is 25.4 Å². The second-order valence-corrected chi connectivity index (χ2v) is 8.74. The van der Waals surface area contributed by atoms with Crippen molar-refractivity contribution in [3.8, 4) is 5.75 Å². The van der Waals surface area contributed by atoms with Crippen LogP contribution in [0.2, 0.25) is 5.02 Å². The highest BCUT2D eigenvalue weighted by Gasteiger charge is 2.37. The van der Waals surface area contributed by atoms with Crippen LogP contribution >= 0.6 is 11.6 Å². The number of allylic oxidation sites excluding steroid dienone is 1. The lowest BCUT2D eigenvalue weighted by Crippen LogP contribution is -2.49. The summed E-state index contributed by atoms with van der Waals surface area (Å²) in [6.45, 7) is 3.17. The number of rotatable bonds is 9. The van der Waals surface area contributed by atoms with E-state index in [1.807, 2.05) is 12.1 Å². The minimum Gasteiger partial charge on any atom is -0.493 e. The van der Waals surface area contributed by atoms with Gasteiger partial charge in [0.25, 0.3) is 0 Å². The van der Waals surface area contributed by atoms with Crippen molar-refractivity contribution in [1.82, 2.24) is 15.5 Å². The predicted molar refractivity (Wildman–Crippen MR) is 127 cm³/mol. The standard InChI is InChI=1S/C25H26ClN3O5/c1-15-22(24(31)32)23(18-4-2-5-19(26)13-18)29(25(33)28-15)10-3-9-27-14-20(30)16-6-7-21-17(12-16)8-11-34-21/h2,4-7,12-13,23,27H,3,8-11,14H2,1H3,(H,28,33)(H,31,32). The van der Waals surface area contributed by atoms with Crippen LogP contribution in [-0.2, 0) is 11.2 Å². The summed E-state index contributed by atoms with van der Waals surface area (Å²) in [5.41, 5.74) is 2.72. The highest BCUT2D eigenvalue weighted by Crippen LogP contribution is 2.34. The molecule has 4 rings (SSSR count). The molecule has 0 spiro atoms. The van der Waals surface area contributed by atoms with Gasteiger partial charge >= 0.3 is 12.0 Å². The average molecular weight is 484 g/mol. The van der Waals surface area contributed by atoms with Crippen LogP contribution in [0.3, 0.4) is 0 Å². The topological polar surface area (TPSA) is 108 Å². The van der Waals surface area contributed by atoms with Gasteiger partial charge in [0.2, 0.25) is 0 Å². The van der Waals surface area contributed by atoms with E-state index in [4.69, 9.17) is 16.3 Å². The van der Waals surface area contributed by atoms with E-state index in [0.29, 0.717) is 48.0 Å². The number of Topliss-reactive ketones (excluding diaryl/α,β-unsaturated/α-hetero) is 1. The number of halogens is 1. The molecule has 2 aromatic carbocycles. The van der Waals surface area contributed by atoms with Crippen molar-refractivity contribution in [2.24, 2.45) is 0 Å². The monoisotopic (exact) mass is 483 g/mol. The summed E-state index contributed by atoms with van der Waals surface area (Å²) in [6, 6.07) is 11.2. The third-order valence-corrected chi connectivity index (χ3v) is 6.22. The first-order chi connectivity index (χ1) is 16.3. The van der Waals surface area contributed by atoms with Crippen LogP contribution < -0.4 is 15.4 Å². The van der Waals surface area contributed by atoms with Gasteiger partial charge in [-0.3, -0.25) is 4.79 Å². The molecule has 1 atom stereocenters. The van der Waals surface area contributed by atoms with Crippen LogP contribution in [0.1, 0.15) is 40.9 Å². The van der Waals surface area contributed by atoms with Gasteiger partial charge in [-0.2, -0.15) is 0 Å². The van der Waals surface area contributed by atoms with Crippen LogP contribution in [0.15, 0.2) is 53.7 Å². The molecule has 2 aliphatic heterocycles. The second kappa shape index (κ2) is 10.3. The largest absolute Gasteiger partial charge is 0.493 e. The van der Waals surface area contributed by atoms with Gasteiger partial charge in [0.15, 0.2) is 5.78 Å². The summed E-state index contributed by atoms with van der Waals surface area (Å²) in [7, 11) is 0. The zero-order valence-corrected chi connectivity index (χ0v) is 19.5. The number of aliphatic carboxylic acids is 1. The smallest absolute Gasteiger partial charge is 0.335 e. The number of carbonyl (C=O) groups is 3. The Labute approximate surface area is 202 Å². The van der Waals surface area contributed by atoms with E-state index in [-0.39, 0.29) is 23.9 Å². The fourth-order valence-electron chi connectivity index (χ4n) is 4.35. The number of nitrogens with zero attached hydrogens (tertiary/aromatic N) is 1. The summed E-state index contributed by atoms with van der Waals surface area (Å²) in [5, 5.41) is 16.1. The first-order valence-corrected chi connectivity index (χ1v) is 11.5. The fourth-order valence-corrected chi connectivity index (χ4v) is 4.55. The van der Waals surface area contributed by atoms with Gasteiger partial charge in [0.05, 0.1) is 24.8 Å². The number of carboxylic acids is 1. The van der Waals surface area contributed by atoms with Gasteiger partial charge in [0.1, 0.15) is 5.75 Å². The van der Waals surface area contributed by atoms with Gasteiger partial charge in [-0.25, -0.2) is 9.59 Å². The molecule has 178 valence electrons. The van der Waals surface area contributed by atoms with Crippen molar-refractivity contribution in [2.75, 3.05) is 26.2 Å². The van der Waals surface area contributed by atoms with Crippen molar-refractivity contribution < 1.29 is 24.2 Å². The molecular weight excluding hydrogens is 458 g/mol. The number of nitrogens with one attached hydrogen (secondary N) is 2. The van der Waals surface area contributed by atoms with E-state index in [2.05, 4.69) is 10.6 Å². The van der Waals surface area contributed by atoms with Crippen LogP contribution in [0.4, 0.5) is 4.79 Å². The van der Waals surface area contributed by atoms with Crippen LogP contribution in [0, 0.1) is 0 Å². The number of hydrogen-bond acceptors (Lipinski definition) is 5. The van der Waals surface area contributed by atoms with Crippen LogP contribution in [0.5, 0.6) is 5.75 Å². The predicted octanol–water partition coefficient (Wildman–Crippen LogP) is 3.56. The molecular formula is C25H26ClN3O5. The first-order valence-electron chi connectivity index (χ1n) is 11.1. The number of amides is 2. The van der Waals surface area contributed by atoms with E-state index in [1.54, 1.807) is 37.3 Å². The molecule has 3 N–H and O–H groups in total. The quantitative estimate of drug-likeness (QED) is 0.372. The molecule has 0 aromatic heterocycles. The summed E-state index contributed by atoms with van der Waals surface area (Å²) < 4.78 is 5.48. The number of benzene rings is 2. The maximum Gasteiger partial charge on any atom is 0.335 e. The Hall–Kier alpha value is -3.36. The van der Waals surface area contributed by atoms with E-state index >= 15 is 0 Å². The molecule has 0 aliphatic carbocycles. The van der Waals surface area contributed by atoms with Gasteiger partial charge in [-0.1, -0.05) is 23.7 Å². The van der Waals surface area contributed by atoms with Crippen LogP contribution in [0.25, 0.3) is 0 Å². The Bertz CT molecular complexity index is 1160. The Kier molecular flexibility index (Phi) is 7.19. The lowest BCUT2D eigenvalue weighted by atomic mass is 9.93. The van der Waals surface area contributed by atoms with E-state index in [0.717, 1.165) is 17.7 Å². The number of hydrogen-bond donors (Lipinski definition) is 3. The molecule has 2 heterocycles. The lowest BCUT2D eigenvalue weighted by molar-refractivity contribution is -0.133. The van der Waals surface area contributed by atoms with Crippen molar-refractivity contribution >= 4 is 29.4 Å². The molecule has 2 aromatic rings. The molecule has 0 saturated carbocycles. The van der Waals surface area contributed by atoms with Crippen LogP contribution in [-0.4, -0.2) is 54.0 Å². The molecule has 8 nitrogen and oxygen atoms in total. The maximum atomic E-state index is 12.8. The molecule has 0 fully saturated rings. The summed E-state index contributed by atoms with van der Waals surface area (Å²) in [4.78, 5) is 38.8. The van der Waals surface area contributed by atoms with Crippen molar-refractivity contribution in [2.45, 2.75) is 25.8 Å². The Morgan fingerprint density at radius 2 is 2.09 bits per heavy atom. The van der Waals surface area contributed by atoms with Crippen molar-refractivity contribution in [1.29, 1.82) is 0 Å². The molecule has 0 saturated heterocycles. The first kappa shape index (κ1) is 23.8. The minimum atomic E-state index is -1.10. The number of carbonyl (C=O) groups excluding carboxylic acids is 2. The molecule has 0 radical (unpaired) electrons. The number of carboxylic acid groups (broad SMARTS) is 1. The Balaban J connectivity index is 1.38. The average Bonchev–Trinajstić information content (AvgIpc) is 3.27.